The van der Waals surface area contributed by atoms with E-state index >= 15 is 0 Å². The fourth-order valence-electron chi connectivity index (χ4n) is 8.02. The minimum Gasteiger partial charge on any atom is -0.496 e. The molecule has 1 spiro atoms. The Hall–Kier alpha value is -1.92. The molecule has 0 radical (unpaired) electrons. The number of amides is 1. The van der Waals surface area contributed by atoms with Crippen molar-refractivity contribution in [1.29, 1.82) is 0 Å². The number of thiazole rings is 1. The Balaban J connectivity index is 1.30. The van der Waals surface area contributed by atoms with Crippen molar-refractivity contribution in [2.75, 3.05) is 26.7 Å². The topological polar surface area (TPSA) is 54.5 Å². The molecule has 1 aromatic carbocycles. The van der Waals surface area contributed by atoms with E-state index in [4.69, 9.17) is 9.72 Å². The number of methoxy groups -OCH3 is 1. The van der Waals surface area contributed by atoms with Crippen LogP contribution in [0.5, 0.6) is 5.75 Å². The quantitative estimate of drug-likeness (QED) is 0.585. The molecule has 1 N–H and O–H groups in total. The Labute approximate surface area is 220 Å². The van der Waals surface area contributed by atoms with Crippen LogP contribution in [0.3, 0.4) is 0 Å². The zero-order valence-corrected chi connectivity index (χ0v) is 22.7. The van der Waals surface area contributed by atoms with Gasteiger partial charge in [-0.15, -0.1) is 11.3 Å². The first kappa shape index (κ1) is 24.4. The number of rotatable bonds is 4. The van der Waals surface area contributed by atoms with Crippen LogP contribution in [0.25, 0.3) is 0 Å². The highest BCUT2D eigenvalue weighted by Gasteiger charge is 2.53. The summed E-state index contributed by atoms with van der Waals surface area (Å²) in [6.45, 7) is 4.71. The van der Waals surface area contributed by atoms with Gasteiger partial charge in [-0.05, 0) is 75.3 Å². The summed E-state index contributed by atoms with van der Waals surface area (Å²) < 4.78 is 5.75. The highest BCUT2D eigenvalue weighted by atomic mass is 32.1. The Morgan fingerprint density at radius 1 is 1.17 bits per heavy atom. The van der Waals surface area contributed by atoms with Crippen LogP contribution in [-0.2, 0) is 16.6 Å². The second kappa shape index (κ2) is 10.1. The number of carbonyl (C=O) groups excluding carboxylic acids is 1. The first-order valence-electron chi connectivity index (χ1n) is 14.2. The molecule has 36 heavy (non-hydrogen) atoms. The molecule has 6 heteroatoms. The van der Waals surface area contributed by atoms with Gasteiger partial charge in [0.25, 0.3) is 0 Å². The van der Waals surface area contributed by atoms with Crippen LogP contribution in [0.1, 0.15) is 84.8 Å². The summed E-state index contributed by atoms with van der Waals surface area (Å²) in [6.07, 6.45) is 11.9. The Morgan fingerprint density at radius 3 is 2.83 bits per heavy atom. The number of nitrogens with zero attached hydrogens (tertiary/aromatic N) is 2. The fraction of sp³-hybridized carbons (Fsp3) is 0.667. The number of aryl methyl sites for hydroxylation is 2. The maximum absolute atomic E-state index is 14.6. The average Bonchev–Trinajstić information content (AvgIpc) is 3.52. The van der Waals surface area contributed by atoms with Crippen LogP contribution in [-0.4, -0.2) is 48.6 Å². The number of ether oxygens (including phenoxy) is 1. The van der Waals surface area contributed by atoms with Crippen LogP contribution in [0.2, 0.25) is 0 Å². The van der Waals surface area contributed by atoms with Gasteiger partial charge in [0.15, 0.2) is 0 Å². The molecule has 2 aliphatic carbocycles. The van der Waals surface area contributed by atoms with Gasteiger partial charge in [-0.25, -0.2) is 4.98 Å². The molecule has 1 aromatic heterocycles. The van der Waals surface area contributed by atoms with Gasteiger partial charge >= 0.3 is 0 Å². The number of likely N-dealkylation sites (tertiary alicyclic amines) is 1. The van der Waals surface area contributed by atoms with Crippen molar-refractivity contribution in [1.82, 2.24) is 15.2 Å². The molecule has 2 saturated heterocycles. The number of hydrogen-bond donors (Lipinski definition) is 1. The monoisotopic (exact) mass is 507 g/mol. The summed E-state index contributed by atoms with van der Waals surface area (Å²) in [4.78, 5) is 23.2. The largest absolute Gasteiger partial charge is 0.496 e. The van der Waals surface area contributed by atoms with Crippen LogP contribution in [0, 0.1) is 18.8 Å². The van der Waals surface area contributed by atoms with Gasteiger partial charge in [-0.2, -0.15) is 0 Å². The van der Waals surface area contributed by atoms with Crippen molar-refractivity contribution in [3.05, 3.63) is 45.4 Å². The highest BCUT2D eigenvalue weighted by Crippen LogP contribution is 2.49. The minimum absolute atomic E-state index is 0.0327. The third-order valence-corrected chi connectivity index (χ3v) is 11.0. The number of benzene rings is 1. The standard InChI is InChI=1S/C30H41N3O2S/c1-20-32-25-12-8-15-30(28(25)36-20)19-31-18-24(30)29(34)33-16-14-22(23-11-6-7-13-27(23)35-2)17-26(33)21-9-4-3-5-10-21/h6-7,11,13,21-22,24,26,31H,3-5,8-10,12,14-19H2,1-2H3/t22-,24+,26+,30-/m1/s1. The first-order chi connectivity index (χ1) is 17.6. The molecule has 4 atom stereocenters. The Kier molecular flexibility index (Phi) is 6.85. The van der Waals surface area contributed by atoms with Crippen molar-refractivity contribution in [3.63, 3.8) is 0 Å². The fourth-order valence-corrected chi connectivity index (χ4v) is 9.26. The molecule has 3 heterocycles. The van der Waals surface area contributed by atoms with Gasteiger partial charge in [0.2, 0.25) is 5.91 Å². The molecule has 5 nitrogen and oxygen atoms in total. The molecule has 0 bridgehead atoms. The second-order valence-electron chi connectivity index (χ2n) is 11.7. The van der Waals surface area contributed by atoms with Crippen LogP contribution < -0.4 is 10.1 Å². The van der Waals surface area contributed by atoms with Crippen LogP contribution in [0.15, 0.2) is 24.3 Å². The summed E-state index contributed by atoms with van der Waals surface area (Å²) in [7, 11) is 1.78. The van der Waals surface area contributed by atoms with Gasteiger partial charge in [0.1, 0.15) is 5.75 Å². The van der Waals surface area contributed by atoms with Gasteiger partial charge in [0, 0.05) is 36.0 Å². The molecule has 3 fully saturated rings. The number of piperidine rings is 1. The lowest BCUT2D eigenvalue weighted by Crippen LogP contribution is -2.55. The molecule has 2 aromatic rings. The third-order valence-electron chi connectivity index (χ3n) is 9.75. The normalized spacial score (nSPS) is 30.9. The zero-order chi connectivity index (χ0) is 24.7. The molecule has 2 aliphatic heterocycles. The van der Waals surface area contributed by atoms with Crippen molar-refractivity contribution in [2.45, 2.75) is 88.5 Å². The van der Waals surface area contributed by atoms with E-state index in [0.717, 1.165) is 62.5 Å². The second-order valence-corrected chi connectivity index (χ2v) is 12.9. The SMILES string of the molecule is COc1ccccc1[C@@H]1CCN(C(=O)[C@@H]2CNC[C@]23CCCc2nc(C)sc23)[C@H](C2CCCCC2)C1. The molecule has 1 amide bonds. The average molecular weight is 508 g/mol. The first-order valence-corrected chi connectivity index (χ1v) is 15.0. The maximum atomic E-state index is 14.6. The lowest BCUT2D eigenvalue weighted by atomic mass is 9.68. The molecule has 0 unspecified atom stereocenters. The smallest absolute Gasteiger partial charge is 0.228 e. The predicted octanol–water partition coefficient (Wildman–Crippen LogP) is 5.61. The van der Waals surface area contributed by atoms with E-state index in [9.17, 15) is 4.79 Å². The van der Waals surface area contributed by atoms with E-state index in [1.54, 1.807) is 7.11 Å². The van der Waals surface area contributed by atoms with Gasteiger partial charge < -0.3 is 15.0 Å². The molecule has 194 valence electrons. The molecular weight excluding hydrogens is 466 g/mol. The molecule has 4 aliphatic rings. The van der Waals surface area contributed by atoms with Gasteiger partial charge in [-0.1, -0.05) is 37.5 Å². The maximum Gasteiger partial charge on any atom is 0.228 e. The number of fused-ring (bicyclic) bond motifs is 2. The van der Waals surface area contributed by atoms with Gasteiger partial charge in [-0.3, -0.25) is 4.79 Å². The predicted molar refractivity (Wildman–Crippen MR) is 145 cm³/mol. The number of hydrogen-bond acceptors (Lipinski definition) is 5. The Bertz CT molecular complexity index is 1090. The number of aromatic nitrogens is 1. The summed E-state index contributed by atoms with van der Waals surface area (Å²) >= 11 is 1.85. The summed E-state index contributed by atoms with van der Waals surface area (Å²) in [6, 6.07) is 8.87. The van der Waals surface area contributed by atoms with Crippen LogP contribution in [0.4, 0.5) is 0 Å². The number of para-hydroxylation sites is 1. The van der Waals surface area contributed by atoms with E-state index in [0.29, 0.717) is 23.8 Å². The molecule has 1 saturated carbocycles. The van der Waals surface area contributed by atoms with Crippen molar-refractivity contribution in [2.24, 2.45) is 11.8 Å². The summed E-state index contributed by atoms with van der Waals surface area (Å²) in [5.41, 5.74) is 2.53. The van der Waals surface area contributed by atoms with Crippen molar-refractivity contribution < 1.29 is 9.53 Å². The van der Waals surface area contributed by atoms with E-state index in [-0.39, 0.29) is 11.3 Å². The number of nitrogens with one attached hydrogen (secondary N) is 1. The summed E-state index contributed by atoms with van der Waals surface area (Å²) in [5, 5.41) is 4.81. The van der Waals surface area contributed by atoms with E-state index < -0.39 is 0 Å². The Morgan fingerprint density at radius 2 is 2.00 bits per heavy atom. The van der Waals surface area contributed by atoms with Crippen molar-refractivity contribution in [3.8, 4) is 5.75 Å². The zero-order valence-electron chi connectivity index (χ0n) is 21.9. The minimum atomic E-state index is -0.0623. The lowest BCUT2D eigenvalue weighted by Gasteiger charge is -2.47. The summed E-state index contributed by atoms with van der Waals surface area (Å²) in [5.74, 6) is 2.52. The van der Waals surface area contributed by atoms with E-state index in [1.807, 2.05) is 11.3 Å². The number of carbonyl (C=O) groups is 1. The lowest BCUT2D eigenvalue weighted by molar-refractivity contribution is -0.143. The van der Waals surface area contributed by atoms with Crippen molar-refractivity contribution >= 4 is 17.2 Å². The molecule has 6 rings (SSSR count). The molecular formula is C30H41N3O2S. The van der Waals surface area contributed by atoms with E-state index in [2.05, 4.69) is 41.4 Å². The van der Waals surface area contributed by atoms with E-state index in [1.165, 1.54) is 48.2 Å². The highest BCUT2D eigenvalue weighted by molar-refractivity contribution is 7.11. The third kappa shape index (κ3) is 4.18. The van der Waals surface area contributed by atoms with Gasteiger partial charge in [0.05, 0.1) is 23.7 Å². The van der Waals surface area contributed by atoms with Crippen LogP contribution >= 0.6 is 11.3 Å².